The highest BCUT2D eigenvalue weighted by molar-refractivity contribution is 7.89. The van der Waals surface area contributed by atoms with E-state index in [1.54, 1.807) is 0 Å². The zero-order valence-corrected chi connectivity index (χ0v) is 12.0. The Morgan fingerprint density at radius 3 is 2.33 bits per heavy atom. The van der Waals surface area contributed by atoms with Crippen LogP contribution >= 0.6 is 0 Å². The lowest BCUT2D eigenvalue weighted by Crippen LogP contribution is -2.42. The van der Waals surface area contributed by atoms with Gasteiger partial charge in [-0.25, -0.2) is 17.9 Å². The molecule has 2 rings (SSSR count). The van der Waals surface area contributed by atoms with Gasteiger partial charge in [0, 0.05) is 6.04 Å². The monoisotopic (exact) mass is 312 g/mol. The van der Waals surface area contributed by atoms with Crippen LogP contribution in [-0.2, 0) is 14.8 Å². The highest BCUT2D eigenvalue weighted by Crippen LogP contribution is 2.26. The summed E-state index contributed by atoms with van der Waals surface area (Å²) in [6.45, 7) is 0. The van der Waals surface area contributed by atoms with E-state index in [2.05, 4.69) is 4.72 Å². The summed E-state index contributed by atoms with van der Waals surface area (Å²) in [6, 6.07) is 4.38. The minimum absolute atomic E-state index is 0.00447. The molecule has 1 fully saturated rings. The molecule has 1 aromatic rings. The molecule has 8 heteroatoms. The van der Waals surface area contributed by atoms with Gasteiger partial charge in [-0.15, -0.1) is 0 Å². The molecule has 7 nitrogen and oxygen atoms in total. The van der Waals surface area contributed by atoms with Crippen LogP contribution < -0.4 is 10.5 Å². The second-order valence-electron chi connectivity index (χ2n) is 5.00. The lowest BCUT2D eigenvalue weighted by Gasteiger charge is -2.18. The molecule has 1 saturated carbocycles. The average Bonchev–Trinajstić information content (AvgIpc) is 2.86. The van der Waals surface area contributed by atoms with Crippen molar-refractivity contribution in [3.05, 3.63) is 29.8 Å². The van der Waals surface area contributed by atoms with Crippen molar-refractivity contribution in [2.24, 2.45) is 11.7 Å². The molecule has 0 spiro atoms. The summed E-state index contributed by atoms with van der Waals surface area (Å²) in [7, 11) is -3.80. The van der Waals surface area contributed by atoms with Crippen LogP contribution in [0.4, 0.5) is 0 Å². The van der Waals surface area contributed by atoms with Crippen LogP contribution in [0.15, 0.2) is 29.2 Å². The largest absolute Gasteiger partial charge is 0.478 e. The summed E-state index contributed by atoms with van der Waals surface area (Å²) in [5.41, 5.74) is 5.26. The number of nitrogens with one attached hydrogen (secondary N) is 1. The number of rotatable bonds is 5. The molecule has 0 aliphatic heterocycles. The fraction of sp³-hybridized carbons (Fsp3) is 0.385. The topological polar surface area (TPSA) is 127 Å². The van der Waals surface area contributed by atoms with Crippen molar-refractivity contribution in [3.63, 3.8) is 0 Å². The third-order valence-electron chi connectivity index (χ3n) is 3.60. The van der Waals surface area contributed by atoms with Crippen LogP contribution in [0, 0.1) is 5.92 Å². The maximum atomic E-state index is 12.2. The summed E-state index contributed by atoms with van der Waals surface area (Å²) in [4.78, 5) is 22.0. The maximum Gasteiger partial charge on any atom is 0.335 e. The van der Waals surface area contributed by atoms with Crippen LogP contribution in [-0.4, -0.2) is 31.4 Å². The number of carbonyl (C=O) groups is 2. The number of carbonyl (C=O) groups excluding carboxylic acids is 1. The van der Waals surface area contributed by atoms with Crippen molar-refractivity contribution in [3.8, 4) is 0 Å². The van der Waals surface area contributed by atoms with Gasteiger partial charge in [-0.2, -0.15) is 0 Å². The van der Waals surface area contributed by atoms with Crippen molar-refractivity contribution in [2.45, 2.75) is 30.2 Å². The molecule has 0 radical (unpaired) electrons. The highest BCUT2D eigenvalue weighted by Gasteiger charge is 2.34. The Bertz CT molecular complexity index is 654. The minimum Gasteiger partial charge on any atom is -0.478 e. The molecular weight excluding hydrogens is 296 g/mol. The number of carboxylic acid groups (broad SMARTS) is 1. The van der Waals surface area contributed by atoms with E-state index in [-0.39, 0.29) is 10.5 Å². The van der Waals surface area contributed by atoms with Gasteiger partial charge in [0.1, 0.15) is 0 Å². The van der Waals surface area contributed by atoms with E-state index >= 15 is 0 Å². The smallest absolute Gasteiger partial charge is 0.335 e. The van der Waals surface area contributed by atoms with E-state index in [0.29, 0.717) is 12.8 Å². The summed E-state index contributed by atoms with van der Waals surface area (Å²) in [5.74, 6) is -2.14. The number of sulfonamides is 1. The van der Waals surface area contributed by atoms with Crippen LogP contribution in [0.3, 0.4) is 0 Å². The third kappa shape index (κ3) is 3.40. The molecule has 0 aromatic heterocycles. The normalized spacial score (nSPS) is 22.1. The number of aromatic carboxylic acids is 1. The Morgan fingerprint density at radius 1 is 1.19 bits per heavy atom. The van der Waals surface area contributed by atoms with E-state index in [4.69, 9.17) is 10.8 Å². The van der Waals surface area contributed by atoms with E-state index in [1.807, 2.05) is 0 Å². The second-order valence-corrected chi connectivity index (χ2v) is 6.71. The summed E-state index contributed by atoms with van der Waals surface area (Å²) in [5, 5.41) is 8.79. The molecule has 1 aliphatic rings. The van der Waals surface area contributed by atoms with E-state index in [9.17, 15) is 18.0 Å². The first-order valence-corrected chi connectivity index (χ1v) is 7.94. The molecule has 0 saturated heterocycles. The Kier molecular flexibility index (Phi) is 4.29. The van der Waals surface area contributed by atoms with Crippen LogP contribution in [0.2, 0.25) is 0 Å². The number of primary amides is 1. The predicted molar refractivity (Wildman–Crippen MR) is 74.0 cm³/mol. The number of amides is 1. The average molecular weight is 312 g/mol. The van der Waals surface area contributed by atoms with E-state index in [1.165, 1.54) is 24.3 Å². The molecule has 1 aromatic carbocycles. The van der Waals surface area contributed by atoms with Crippen molar-refractivity contribution in [1.82, 2.24) is 4.72 Å². The van der Waals surface area contributed by atoms with Gasteiger partial charge in [-0.05, 0) is 37.1 Å². The van der Waals surface area contributed by atoms with Crippen molar-refractivity contribution in [2.75, 3.05) is 0 Å². The third-order valence-corrected chi connectivity index (χ3v) is 5.11. The van der Waals surface area contributed by atoms with Gasteiger partial charge < -0.3 is 10.8 Å². The number of hydrogen-bond acceptors (Lipinski definition) is 4. The van der Waals surface area contributed by atoms with E-state index in [0.717, 1.165) is 6.42 Å². The Hall–Kier alpha value is -1.93. The van der Waals surface area contributed by atoms with Gasteiger partial charge in [0.05, 0.1) is 16.4 Å². The van der Waals surface area contributed by atoms with Gasteiger partial charge in [-0.3, -0.25) is 4.79 Å². The van der Waals surface area contributed by atoms with Crippen LogP contribution in [0.1, 0.15) is 29.6 Å². The van der Waals surface area contributed by atoms with Crippen LogP contribution in [0.5, 0.6) is 0 Å². The lowest BCUT2D eigenvalue weighted by atomic mass is 10.0. The van der Waals surface area contributed by atoms with Gasteiger partial charge in [0.15, 0.2) is 0 Å². The molecule has 0 bridgehead atoms. The molecule has 0 unspecified atom stereocenters. The quantitative estimate of drug-likeness (QED) is 0.721. The fourth-order valence-electron chi connectivity index (χ4n) is 2.49. The summed E-state index contributed by atoms with van der Waals surface area (Å²) in [6.07, 6.45) is 1.86. The summed E-state index contributed by atoms with van der Waals surface area (Å²) < 4.78 is 26.9. The molecule has 0 heterocycles. The Labute approximate surface area is 122 Å². The maximum absolute atomic E-state index is 12.2. The SMILES string of the molecule is NC(=O)[C@@H]1CCC[C@@H]1NS(=O)(=O)c1ccc(C(=O)O)cc1. The zero-order chi connectivity index (χ0) is 15.6. The first-order valence-electron chi connectivity index (χ1n) is 6.46. The molecule has 4 N–H and O–H groups in total. The molecule has 1 aliphatic carbocycles. The highest BCUT2D eigenvalue weighted by atomic mass is 32.2. The molecular formula is C13H16N2O5S. The van der Waals surface area contributed by atoms with Gasteiger partial charge >= 0.3 is 5.97 Å². The second kappa shape index (κ2) is 5.82. The number of hydrogen-bond donors (Lipinski definition) is 3. The molecule has 1 amide bonds. The van der Waals surface area contributed by atoms with Gasteiger partial charge in [0.2, 0.25) is 15.9 Å². The Morgan fingerprint density at radius 2 is 1.81 bits per heavy atom. The standard InChI is InChI=1S/C13H16N2O5S/c14-12(16)10-2-1-3-11(10)15-21(19,20)9-6-4-8(5-7-9)13(17)18/h4-7,10-11,15H,1-3H2,(H2,14,16)(H,17,18)/t10-,11+/m1/s1. The first kappa shape index (κ1) is 15.5. The number of nitrogens with two attached hydrogens (primary N) is 1. The van der Waals surface area contributed by atoms with Gasteiger partial charge in [-0.1, -0.05) is 6.42 Å². The van der Waals surface area contributed by atoms with E-state index < -0.39 is 33.9 Å². The lowest BCUT2D eigenvalue weighted by molar-refractivity contribution is -0.122. The van der Waals surface area contributed by atoms with Crippen LogP contribution in [0.25, 0.3) is 0 Å². The molecule has 114 valence electrons. The number of carboxylic acids is 1. The molecule has 21 heavy (non-hydrogen) atoms. The zero-order valence-electron chi connectivity index (χ0n) is 11.2. The number of benzene rings is 1. The van der Waals surface area contributed by atoms with Gasteiger partial charge in [0.25, 0.3) is 0 Å². The van der Waals surface area contributed by atoms with Crippen molar-refractivity contribution >= 4 is 21.9 Å². The molecule has 2 atom stereocenters. The fourth-order valence-corrected chi connectivity index (χ4v) is 3.80. The van der Waals surface area contributed by atoms with Crippen molar-refractivity contribution in [1.29, 1.82) is 0 Å². The predicted octanol–water partition coefficient (Wildman–Crippen LogP) is 0.317. The Balaban J connectivity index is 2.18. The minimum atomic E-state index is -3.80. The van der Waals surface area contributed by atoms with Crippen molar-refractivity contribution < 1.29 is 23.1 Å². The summed E-state index contributed by atoms with van der Waals surface area (Å²) >= 11 is 0. The first-order chi connectivity index (χ1) is 9.81.